The molecule has 0 fully saturated rings. The van der Waals surface area contributed by atoms with Gasteiger partial charge >= 0.3 is 8.80 Å². The Hall–Kier alpha value is 0.407. The molecule has 0 aliphatic heterocycles. The van der Waals surface area contributed by atoms with Crippen LogP contribution in [0.1, 0.15) is 27.2 Å². The molecule has 0 aromatic carbocycles. The number of thiol groups is 1. The predicted molar refractivity (Wildman–Crippen MR) is 74.7 cm³/mol. The number of rotatable bonds is 9. The second-order valence-electron chi connectivity index (χ2n) is 4.73. The molecule has 0 aromatic heterocycles. The smallest absolute Gasteiger partial charge is 0.377 e. The van der Waals surface area contributed by atoms with Crippen molar-refractivity contribution >= 4 is 21.4 Å². The Bertz CT molecular complexity index is 192. The number of hydrogen-bond acceptors (Lipinski definition) is 5. The molecule has 0 amide bonds. The lowest BCUT2D eigenvalue weighted by molar-refractivity contribution is -0.0283. The summed E-state index contributed by atoms with van der Waals surface area (Å²) < 4.78 is 22.2. The van der Waals surface area contributed by atoms with Crippen LogP contribution in [0.15, 0.2) is 0 Å². The van der Waals surface area contributed by atoms with Gasteiger partial charge in [0.2, 0.25) is 0 Å². The zero-order valence-corrected chi connectivity index (χ0v) is 13.5. The number of hydrogen-bond donors (Lipinski definition) is 1. The molecule has 0 saturated carbocycles. The Morgan fingerprint density at radius 2 is 1.65 bits per heavy atom. The molecule has 0 aliphatic carbocycles. The van der Waals surface area contributed by atoms with Crippen LogP contribution in [0.3, 0.4) is 0 Å². The summed E-state index contributed by atoms with van der Waals surface area (Å²) in [5.74, 6) is 0.809. The van der Waals surface area contributed by atoms with Crippen LogP contribution in [0.4, 0.5) is 0 Å². The summed E-state index contributed by atoms with van der Waals surface area (Å²) >= 11 is 4.19. The van der Waals surface area contributed by atoms with Gasteiger partial charge in [-0.15, -0.1) is 0 Å². The van der Waals surface area contributed by atoms with E-state index in [4.69, 9.17) is 18.0 Å². The van der Waals surface area contributed by atoms with Crippen LogP contribution in [0.25, 0.3) is 0 Å². The monoisotopic (exact) mass is 282 g/mol. The van der Waals surface area contributed by atoms with Crippen molar-refractivity contribution in [2.24, 2.45) is 0 Å². The fourth-order valence-corrected chi connectivity index (χ4v) is 3.73. The van der Waals surface area contributed by atoms with Crippen molar-refractivity contribution in [3.05, 3.63) is 0 Å². The first-order valence-electron chi connectivity index (χ1n) is 5.88. The maximum Gasteiger partial charge on any atom is 0.500 e. The summed E-state index contributed by atoms with van der Waals surface area (Å²) in [7, 11) is 0.786. The van der Waals surface area contributed by atoms with Gasteiger partial charge in [-0.3, -0.25) is 0 Å². The summed E-state index contributed by atoms with van der Waals surface area (Å²) in [5.41, 5.74) is -0.140. The highest BCUT2D eigenvalue weighted by molar-refractivity contribution is 7.80. The summed E-state index contributed by atoms with van der Waals surface area (Å²) in [6.45, 7) is 7.10. The molecule has 0 heterocycles. The van der Waals surface area contributed by atoms with E-state index in [1.54, 1.807) is 14.2 Å². The lowest BCUT2D eigenvalue weighted by Crippen LogP contribution is -2.44. The molecule has 0 aliphatic rings. The van der Waals surface area contributed by atoms with E-state index >= 15 is 0 Å². The fraction of sp³-hybridized carbons (Fsp3) is 1.00. The van der Waals surface area contributed by atoms with Gasteiger partial charge in [-0.1, -0.05) is 0 Å². The zero-order chi connectivity index (χ0) is 13.4. The van der Waals surface area contributed by atoms with Gasteiger partial charge in [0.1, 0.15) is 0 Å². The van der Waals surface area contributed by atoms with Crippen LogP contribution in [0.2, 0.25) is 6.04 Å². The second-order valence-corrected chi connectivity index (χ2v) is 8.15. The standard InChI is InChI=1S/C11H26O4SSi/c1-11(2,3)14-7-8-15-17(12-4,13-5)10-6-9-16/h16H,6-10H2,1-5H3. The van der Waals surface area contributed by atoms with Crippen LogP contribution in [0, 0.1) is 0 Å². The minimum atomic E-state index is -2.49. The highest BCUT2D eigenvalue weighted by Crippen LogP contribution is 2.16. The molecule has 0 N–H and O–H groups in total. The van der Waals surface area contributed by atoms with Crippen molar-refractivity contribution in [3.8, 4) is 0 Å². The van der Waals surface area contributed by atoms with Crippen LogP contribution in [0.5, 0.6) is 0 Å². The third-order valence-electron chi connectivity index (χ3n) is 2.20. The Balaban J connectivity index is 3.99. The topological polar surface area (TPSA) is 36.9 Å². The second kappa shape index (κ2) is 8.50. The van der Waals surface area contributed by atoms with Gasteiger partial charge < -0.3 is 18.0 Å². The molecule has 17 heavy (non-hydrogen) atoms. The van der Waals surface area contributed by atoms with E-state index in [1.807, 2.05) is 20.8 Å². The van der Waals surface area contributed by atoms with Crippen LogP contribution >= 0.6 is 12.6 Å². The SMILES string of the molecule is CO[Si](CCCS)(OC)OCCOC(C)(C)C. The maximum absolute atomic E-state index is 5.76. The Morgan fingerprint density at radius 3 is 2.06 bits per heavy atom. The molecule has 0 unspecified atom stereocenters. The molecule has 0 bridgehead atoms. The van der Waals surface area contributed by atoms with E-state index in [9.17, 15) is 0 Å². The fourth-order valence-electron chi connectivity index (χ4n) is 1.32. The lowest BCUT2D eigenvalue weighted by atomic mass is 10.2. The average molecular weight is 282 g/mol. The third kappa shape index (κ3) is 8.18. The summed E-state index contributed by atoms with van der Waals surface area (Å²) in [5, 5.41) is 0. The van der Waals surface area contributed by atoms with E-state index in [0.717, 1.165) is 18.2 Å². The quantitative estimate of drug-likeness (QED) is 0.400. The normalized spacial score (nSPS) is 13.1. The van der Waals surface area contributed by atoms with Crippen LogP contribution < -0.4 is 0 Å². The molecule has 0 atom stereocenters. The van der Waals surface area contributed by atoms with Gasteiger partial charge in [-0.2, -0.15) is 12.6 Å². The Morgan fingerprint density at radius 1 is 1.06 bits per heavy atom. The van der Waals surface area contributed by atoms with Crippen molar-refractivity contribution in [1.29, 1.82) is 0 Å². The highest BCUT2D eigenvalue weighted by Gasteiger charge is 2.38. The van der Waals surface area contributed by atoms with Gasteiger partial charge in [0.25, 0.3) is 0 Å². The predicted octanol–water partition coefficient (Wildman–Crippen LogP) is 2.37. The molecule has 104 valence electrons. The maximum atomic E-state index is 5.76. The van der Waals surface area contributed by atoms with Crippen molar-refractivity contribution in [3.63, 3.8) is 0 Å². The van der Waals surface area contributed by atoms with Crippen molar-refractivity contribution in [1.82, 2.24) is 0 Å². The Kier molecular flexibility index (Phi) is 8.70. The first-order chi connectivity index (χ1) is 7.89. The summed E-state index contributed by atoms with van der Waals surface area (Å²) in [6, 6.07) is 0.791. The summed E-state index contributed by atoms with van der Waals surface area (Å²) in [6.07, 6.45) is 0.928. The molecule has 4 nitrogen and oxygen atoms in total. The first kappa shape index (κ1) is 17.4. The molecule has 0 spiro atoms. The van der Waals surface area contributed by atoms with Gasteiger partial charge in [0.05, 0.1) is 18.8 Å². The minimum absolute atomic E-state index is 0.140. The van der Waals surface area contributed by atoms with Gasteiger partial charge in [0.15, 0.2) is 0 Å². The van der Waals surface area contributed by atoms with Crippen molar-refractivity contribution < 1.29 is 18.0 Å². The summed E-state index contributed by atoms with van der Waals surface area (Å²) in [4.78, 5) is 0. The minimum Gasteiger partial charge on any atom is -0.377 e. The molecule has 0 radical (unpaired) electrons. The van der Waals surface area contributed by atoms with E-state index < -0.39 is 8.80 Å². The van der Waals surface area contributed by atoms with E-state index in [0.29, 0.717) is 13.2 Å². The molecule has 0 rings (SSSR count). The molecule has 0 aromatic rings. The average Bonchev–Trinajstić information content (AvgIpc) is 2.28. The molecular formula is C11H26O4SSi. The van der Waals surface area contributed by atoms with E-state index in [2.05, 4.69) is 12.6 Å². The van der Waals surface area contributed by atoms with Gasteiger partial charge in [-0.05, 0) is 32.9 Å². The van der Waals surface area contributed by atoms with Crippen LogP contribution in [-0.4, -0.2) is 47.6 Å². The zero-order valence-electron chi connectivity index (χ0n) is 11.6. The molecule has 0 saturated heterocycles. The largest absolute Gasteiger partial charge is 0.500 e. The van der Waals surface area contributed by atoms with Crippen molar-refractivity contribution in [2.75, 3.05) is 33.2 Å². The van der Waals surface area contributed by atoms with Gasteiger partial charge in [0, 0.05) is 20.3 Å². The van der Waals surface area contributed by atoms with Gasteiger partial charge in [-0.25, -0.2) is 0 Å². The third-order valence-corrected chi connectivity index (χ3v) is 5.37. The molecular weight excluding hydrogens is 256 g/mol. The van der Waals surface area contributed by atoms with Crippen LogP contribution in [-0.2, 0) is 18.0 Å². The van der Waals surface area contributed by atoms with E-state index in [-0.39, 0.29) is 5.60 Å². The Labute approximate surface area is 112 Å². The van der Waals surface area contributed by atoms with E-state index in [1.165, 1.54) is 0 Å². The molecule has 6 heteroatoms. The highest BCUT2D eigenvalue weighted by atomic mass is 32.1. The van der Waals surface area contributed by atoms with Crippen molar-refractivity contribution in [2.45, 2.75) is 38.8 Å². The first-order valence-corrected chi connectivity index (χ1v) is 8.44. The lowest BCUT2D eigenvalue weighted by Gasteiger charge is -2.27. The number of ether oxygens (including phenoxy) is 1.